The van der Waals surface area contributed by atoms with E-state index in [2.05, 4.69) is 13.0 Å². The smallest absolute Gasteiger partial charge is 0.254 e. The minimum atomic E-state index is -0.0144. The van der Waals surface area contributed by atoms with Gasteiger partial charge in [-0.3, -0.25) is 4.79 Å². The Bertz CT molecular complexity index is 787. The van der Waals surface area contributed by atoms with Gasteiger partial charge in [0.25, 0.3) is 5.91 Å². The molecular formula is C20H23NO4. The van der Waals surface area contributed by atoms with Gasteiger partial charge >= 0.3 is 0 Å². The van der Waals surface area contributed by atoms with E-state index in [4.69, 9.17) is 14.2 Å². The molecule has 1 aliphatic heterocycles. The lowest BCUT2D eigenvalue weighted by molar-refractivity contribution is 0.0677. The third-order valence-electron chi connectivity index (χ3n) is 4.78. The highest BCUT2D eigenvalue weighted by atomic mass is 16.5. The molecule has 2 aromatic carbocycles. The number of hydrogen-bond donors (Lipinski definition) is 0. The highest BCUT2D eigenvalue weighted by Crippen LogP contribution is 2.34. The van der Waals surface area contributed by atoms with E-state index < -0.39 is 0 Å². The van der Waals surface area contributed by atoms with Crippen LogP contribution >= 0.6 is 0 Å². The molecule has 2 aromatic rings. The summed E-state index contributed by atoms with van der Waals surface area (Å²) in [5.41, 5.74) is 3.00. The lowest BCUT2D eigenvalue weighted by atomic mass is 9.92. The Kier molecular flexibility index (Phi) is 4.83. The molecule has 1 amide bonds. The molecule has 0 saturated heterocycles. The molecule has 25 heavy (non-hydrogen) atoms. The quantitative estimate of drug-likeness (QED) is 0.854. The van der Waals surface area contributed by atoms with Gasteiger partial charge in [-0.15, -0.1) is 0 Å². The van der Waals surface area contributed by atoms with Crippen LogP contribution in [0, 0.1) is 0 Å². The summed E-state index contributed by atoms with van der Waals surface area (Å²) < 4.78 is 15.9. The molecule has 1 heterocycles. The zero-order chi connectivity index (χ0) is 18.0. The molecule has 5 heteroatoms. The summed E-state index contributed by atoms with van der Waals surface area (Å²) >= 11 is 0. The number of carbonyl (C=O) groups is 1. The van der Waals surface area contributed by atoms with Crippen LogP contribution in [0.1, 0.15) is 34.5 Å². The van der Waals surface area contributed by atoms with Crippen LogP contribution in [0.2, 0.25) is 0 Å². The van der Waals surface area contributed by atoms with E-state index >= 15 is 0 Å². The maximum atomic E-state index is 13.0. The van der Waals surface area contributed by atoms with E-state index in [9.17, 15) is 4.79 Å². The van der Waals surface area contributed by atoms with E-state index in [0.717, 1.165) is 17.7 Å². The van der Waals surface area contributed by atoms with Crippen LogP contribution in [-0.4, -0.2) is 38.7 Å². The van der Waals surface area contributed by atoms with Crippen LogP contribution in [0.25, 0.3) is 0 Å². The predicted octanol–water partition coefficient (Wildman–Crippen LogP) is 3.47. The monoisotopic (exact) mass is 341 g/mol. The van der Waals surface area contributed by atoms with Crippen molar-refractivity contribution in [3.63, 3.8) is 0 Å². The minimum Gasteiger partial charge on any atom is -0.497 e. The van der Waals surface area contributed by atoms with Gasteiger partial charge in [-0.25, -0.2) is 0 Å². The van der Waals surface area contributed by atoms with Crippen molar-refractivity contribution in [3.05, 3.63) is 53.1 Å². The summed E-state index contributed by atoms with van der Waals surface area (Å²) in [4.78, 5) is 14.9. The summed E-state index contributed by atoms with van der Waals surface area (Å²) in [6, 6.07) is 11.3. The number of methoxy groups -OCH3 is 3. The maximum absolute atomic E-state index is 13.0. The average Bonchev–Trinajstić information content (AvgIpc) is 2.67. The molecule has 1 atom stereocenters. The Morgan fingerprint density at radius 2 is 1.76 bits per heavy atom. The second kappa shape index (κ2) is 7.05. The van der Waals surface area contributed by atoms with Crippen LogP contribution in [0.4, 0.5) is 0 Å². The fraction of sp³-hybridized carbons (Fsp3) is 0.350. The zero-order valence-electron chi connectivity index (χ0n) is 15.0. The number of benzene rings is 2. The molecule has 3 rings (SSSR count). The first kappa shape index (κ1) is 17.1. The lowest BCUT2D eigenvalue weighted by Crippen LogP contribution is -2.38. The first-order valence-corrected chi connectivity index (χ1v) is 8.28. The molecule has 0 saturated carbocycles. The van der Waals surface area contributed by atoms with Crippen molar-refractivity contribution in [1.82, 2.24) is 4.90 Å². The SMILES string of the molecule is COc1ccc2c(c1)C(C)N(C(=O)c1ccc(OC)c(OC)c1)CC2. The second-order valence-corrected chi connectivity index (χ2v) is 6.06. The second-order valence-electron chi connectivity index (χ2n) is 6.06. The van der Waals surface area contributed by atoms with E-state index in [1.54, 1.807) is 39.5 Å². The summed E-state index contributed by atoms with van der Waals surface area (Å²) in [5, 5.41) is 0. The van der Waals surface area contributed by atoms with Crippen LogP contribution in [-0.2, 0) is 6.42 Å². The van der Waals surface area contributed by atoms with Gasteiger partial charge in [0.1, 0.15) is 5.75 Å². The minimum absolute atomic E-state index is 0.0121. The summed E-state index contributed by atoms with van der Waals surface area (Å²) in [7, 11) is 4.80. The van der Waals surface area contributed by atoms with Gasteiger partial charge in [0.15, 0.2) is 11.5 Å². The molecule has 0 aromatic heterocycles. The highest BCUT2D eigenvalue weighted by molar-refractivity contribution is 5.95. The van der Waals surface area contributed by atoms with Gasteiger partial charge in [0, 0.05) is 12.1 Å². The van der Waals surface area contributed by atoms with Crippen molar-refractivity contribution in [2.45, 2.75) is 19.4 Å². The predicted molar refractivity (Wildman–Crippen MR) is 95.7 cm³/mol. The van der Waals surface area contributed by atoms with Crippen LogP contribution in [0.5, 0.6) is 17.2 Å². The number of ether oxygens (including phenoxy) is 3. The standard InChI is InChI=1S/C20H23NO4/c1-13-17-12-16(23-2)7-5-14(17)9-10-21(13)20(22)15-6-8-18(24-3)19(11-15)25-4/h5-8,11-13H,9-10H2,1-4H3. The van der Waals surface area contributed by atoms with E-state index in [1.807, 2.05) is 17.0 Å². The number of amides is 1. The van der Waals surface area contributed by atoms with Crippen molar-refractivity contribution in [1.29, 1.82) is 0 Å². The summed E-state index contributed by atoms with van der Waals surface area (Å²) in [5.74, 6) is 1.97. The third kappa shape index (κ3) is 3.14. The fourth-order valence-corrected chi connectivity index (χ4v) is 3.33. The number of rotatable bonds is 4. The molecule has 0 N–H and O–H groups in total. The molecule has 1 aliphatic rings. The number of carbonyl (C=O) groups excluding carboxylic acids is 1. The van der Waals surface area contributed by atoms with Gasteiger partial charge < -0.3 is 19.1 Å². The molecule has 5 nitrogen and oxygen atoms in total. The Morgan fingerprint density at radius 3 is 2.44 bits per heavy atom. The van der Waals surface area contributed by atoms with Crippen molar-refractivity contribution >= 4 is 5.91 Å². The lowest BCUT2D eigenvalue weighted by Gasteiger charge is -2.35. The molecule has 0 radical (unpaired) electrons. The molecule has 0 bridgehead atoms. The van der Waals surface area contributed by atoms with Crippen molar-refractivity contribution in [3.8, 4) is 17.2 Å². The number of fused-ring (bicyclic) bond motifs is 1. The van der Waals surface area contributed by atoms with Crippen molar-refractivity contribution in [2.24, 2.45) is 0 Å². The fourth-order valence-electron chi connectivity index (χ4n) is 3.33. The highest BCUT2D eigenvalue weighted by Gasteiger charge is 2.29. The maximum Gasteiger partial charge on any atom is 0.254 e. The van der Waals surface area contributed by atoms with Gasteiger partial charge in [0.2, 0.25) is 0 Å². The van der Waals surface area contributed by atoms with Crippen LogP contribution in [0.3, 0.4) is 0 Å². The Balaban J connectivity index is 1.90. The number of hydrogen-bond acceptors (Lipinski definition) is 4. The topological polar surface area (TPSA) is 48.0 Å². The van der Waals surface area contributed by atoms with Crippen molar-refractivity contribution in [2.75, 3.05) is 27.9 Å². The molecule has 0 aliphatic carbocycles. The first-order chi connectivity index (χ1) is 12.1. The number of nitrogens with zero attached hydrogens (tertiary/aromatic N) is 1. The van der Waals surface area contributed by atoms with Crippen LogP contribution in [0.15, 0.2) is 36.4 Å². The first-order valence-electron chi connectivity index (χ1n) is 8.28. The Hall–Kier alpha value is -2.69. The molecular weight excluding hydrogens is 318 g/mol. The van der Waals surface area contributed by atoms with Gasteiger partial charge in [-0.05, 0) is 54.8 Å². The zero-order valence-corrected chi connectivity index (χ0v) is 15.0. The van der Waals surface area contributed by atoms with E-state index in [-0.39, 0.29) is 11.9 Å². The Morgan fingerprint density at radius 1 is 1.00 bits per heavy atom. The van der Waals surface area contributed by atoms with Gasteiger partial charge in [0.05, 0.1) is 27.4 Å². The molecule has 0 spiro atoms. The summed E-state index contributed by atoms with van der Waals surface area (Å²) in [6.07, 6.45) is 0.836. The normalized spacial score (nSPS) is 16.2. The van der Waals surface area contributed by atoms with Crippen LogP contribution < -0.4 is 14.2 Å². The average molecular weight is 341 g/mol. The van der Waals surface area contributed by atoms with E-state index in [0.29, 0.717) is 23.6 Å². The molecule has 1 unspecified atom stereocenters. The summed E-state index contributed by atoms with van der Waals surface area (Å²) in [6.45, 7) is 2.74. The molecule has 132 valence electrons. The van der Waals surface area contributed by atoms with E-state index in [1.165, 1.54) is 5.56 Å². The van der Waals surface area contributed by atoms with Crippen molar-refractivity contribution < 1.29 is 19.0 Å². The largest absolute Gasteiger partial charge is 0.497 e. The Labute approximate surface area is 148 Å². The molecule has 0 fully saturated rings. The third-order valence-corrected chi connectivity index (χ3v) is 4.78. The van der Waals surface area contributed by atoms with Gasteiger partial charge in [-0.1, -0.05) is 6.07 Å². The van der Waals surface area contributed by atoms with Gasteiger partial charge in [-0.2, -0.15) is 0 Å².